The van der Waals surface area contributed by atoms with E-state index >= 15 is 0 Å². The van der Waals surface area contributed by atoms with Crippen LogP contribution in [-0.2, 0) is 14.8 Å². The number of pyridine rings is 2. The van der Waals surface area contributed by atoms with Crippen LogP contribution in [0, 0.1) is 0 Å². The molecule has 0 spiro atoms. The minimum atomic E-state index is -3.78. The molecule has 1 aliphatic rings. The first-order chi connectivity index (χ1) is 14.4. The zero-order valence-electron chi connectivity index (χ0n) is 15.9. The van der Waals surface area contributed by atoms with E-state index in [4.69, 9.17) is 16.3 Å². The van der Waals surface area contributed by atoms with Crippen molar-refractivity contribution in [3.8, 4) is 5.75 Å². The van der Waals surface area contributed by atoms with Gasteiger partial charge in [-0.15, -0.1) is 0 Å². The van der Waals surface area contributed by atoms with Gasteiger partial charge in [0.05, 0.1) is 16.1 Å². The van der Waals surface area contributed by atoms with Crippen LogP contribution in [0.3, 0.4) is 0 Å². The Bertz CT molecular complexity index is 1170. The number of fused-ring (bicyclic) bond motifs is 1. The van der Waals surface area contributed by atoms with Crippen molar-refractivity contribution < 1.29 is 17.9 Å². The van der Waals surface area contributed by atoms with Gasteiger partial charge in [-0.1, -0.05) is 23.7 Å². The van der Waals surface area contributed by atoms with E-state index in [0.717, 1.165) is 0 Å². The first-order valence-electron chi connectivity index (χ1n) is 9.30. The number of halogens is 1. The average Bonchev–Trinajstić information content (AvgIpc) is 3.22. The number of hydrogen-bond acceptors (Lipinski definition) is 6. The summed E-state index contributed by atoms with van der Waals surface area (Å²) in [7, 11) is -3.78. The Morgan fingerprint density at radius 3 is 2.87 bits per heavy atom. The van der Waals surface area contributed by atoms with Crippen molar-refractivity contribution in [2.45, 2.75) is 17.4 Å². The van der Waals surface area contributed by atoms with Crippen molar-refractivity contribution in [2.24, 2.45) is 0 Å². The second kappa shape index (κ2) is 8.55. The number of nitrogens with one attached hydrogen (secondary N) is 1. The van der Waals surface area contributed by atoms with Crippen molar-refractivity contribution in [3.63, 3.8) is 0 Å². The average molecular weight is 447 g/mol. The molecule has 0 radical (unpaired) electrons. The minimum absolute atomic E-state index is 0.138. The van der Waals surface area contributed by atoms with E-state index in [9.17, 15) is 13.2 Å². The van der Waals surface area contributed by atoms with Gasteiger partial charge >= 0.3 is 0 Å². The number of carbonyl (C=O) groups excluding carboxylic acids is 1. The van der Waals surface area contributed by atoms with Gasteiger partial charge in [-0.2, -0.15) is 4.31 Å². The lowest BCUT2D eigenvalue weighted by molar-refractivity contribution is -0.123. The molecule has 1 amide bonds. The molecule has 10 heteroatoms. The Morgan fingerprint density at radius 1 is 1.20 bits per heavy atom. The van der Waals surface area contributed by atoms with Crippen LogP contribution in [0.5, 0.6) is 5.75 Å². The quantitative estimate of drug-likeness (QED) is 0.623. The standard InChI is InChI=1S/C20H19ClN4O4S/c21-17-11-23-9-14-3-1-5-18(20(14)17)30(27,28)25-8-6-15(12-25)24-19(26)13-29-16-4-2-7-22-10-16/h1-5,7,9-11,15H,6,8,12-13H2,(H,24,26)/t15-/m1/s1. The molecular weight excluding hydrogens is 428 g/mol. The smallest absolute Gasteiger partial charge is 0.258 e. The number of carbonyl (C=O) groups is 1. The van der Waals surface area contributed by atoms with E-state index in [1.54, 1.807) is 36.7 Å². The molecule has 8 nitrogen and oxygen atoms in total. The molecule has 3 aromatic rings. The van der Waals surface area contributed by atoms with Gasteiger partial charge in [-0.25, -0.2) is 8.42 Å². The van der Waals surface area contributed by atoms with Crippen LogP contribution >= 0.6 is 11.6 Å². The van der Waals surface area contributed by atoms with E-state index in [0.29, 0.717) is 29.5 Å². The first-order valence-corrected chi connectivity index (χ1v) is 11.1. The zero-order valence-corrected chi connectivity index (χ0v) is 17.4. The fourth-order valence-electron chi connectivity index (χ4n) is 3.43. The number of ether oxygens (including phenoxy) is 1. The Hall–Kier alpha value is -2.75. The monoisotopic (exact) mass is 446 g/mol. The van der Waals surface area contributed by atoms with Crippen molar-refractivity contribution in [1.29, 1.82) is 0 Å². The summed E-state index contributed by atoms with van der Waals surface area (Å²) in [4.78, 5) is 20.2. The summed E-state index contributed by atoms with van der Waals surface area (Å²) >= 11 is 6.24. The molecule has 1 fully saturated rings. The molecule has 30 heavy (non-hydrogen) atoms. The third kappa shape index (κ3) is 4.23. The summed E-state index contributed by atoms with van der Waals surface area (Å²) in [6, 6.07) is 8.09. The molecule has 2 aromatic heterocycles. The fraction of sp³-hybridized carbons (Fsp3) is 0.250. The highest BCUT2D eigenvalue weighted by atomic mass is 35.5. The third-order valence-corrected chi connectivity index (χ3v) is 7.03. The molecule has 0 unspecified atom stereocenters. The predicted octanol–water partition coefficient (Wildman–Crippen LogP) is 2.24. The summed E-state index contributed by atoms with van der Waals surface area (Å²) < 4.78 is 33.2. The molecular formula is C20H19ClN4O4S. The number of amides is 1. The molecule has 156 valence electrons. The van der Waals surface area contributed by atoms with Crippen LogP contribution in [0.4, 0.5) is 0 Å². The van der Waals surface area contributed by atoms with E-state index in [1.807, 2.05) is 0 Å². The summed E-state index contributed by atoms with van der Waals surface area (Å²) in [5.74, 6) is 0.174. The number of sulfonamides is 1. The number of hydrogen-bond donors (Lipinski definition) is 1. The maximum absolute atomic E-state index is 13.2. The molecule has 1 N–H and O–H groups in total. The lowest BCUT2D eigenvalue weighted by atomic mass is 10.2. The van der Waals surface area contributed by atoms with E-state index in [1.165, 1.54) is 22.8 Å². The van der Waals surface area contributed by atoms with Gasteiger partial charge in [0.2, 0.25) is 10.0 Å². The third-order valence-electron chi connectivity index (χ3n) is 4.84. The molecule has 0 aliphatic carbocycles. The van der Waals surface area contributed by atoms with Gasteiger partial charge in [0.1, 0.15) is 5.75 Å². The van der Waals surface area contributed by atoms with E-state index in [2.05, 4.69) is 15.3 Å². The molecule has 1 atom stereocenters. The van der Waals surface area contributed by atoms with Gasteiger partial charge in [-0.05, 0) is 24.6 Å². The number of rotatable bonds is 6. The predicted molar refractivity (Wildman–Crippen MR) is 112 cm³/mol. The first kappa shape index (κ1) is 20.5. The number of nitrogens with zero attached hydrogens (tertiary/aromatic N) is 3. The van der Waals surface area contributed by atoms with Crippen molar-refractivity contribution >= 4 is 38.3 Å². The molecule has 1 saturated heterocycles. The SMILES string of the molecule is O=C(COc1cccnc1)N[C@@H]1CCN(S(=O)(=O)c2cccc3cncc(Cl)c23)C1. The Labute approximate surface area is 178 Å². The molecule has 3 heterocycles. The summed E-state index contributed by atoms with van der Waals surface area (Å²) in [6.45, 7) is 0.316. The van der Waals surface area contributed by atoms with Crippen LogP contribution in [0.25, 0.3) is 10.8 Å². The van der Waals surface area contributed by atoms with E-state index in [-0.39, 0.29) is 35.0 Å². The summed E-state index contributed by atoms with van der Waals surface area (Å²) in [6.07, 6.45) is 6.65. The van der Waals surface area contributed by atoms with Gasteiger partial charge in [-0.3, -0.25) is 14.8 Å². The van der Waals surface area contributed by atoms with Crippen molar-refractivity contribution in [1.82, 2.24) is 19.6 Å². The number of aromatic nitrogens is 2. The van der Waals surface area contributed by atoms with Crippen molar-refractivity contribution in [3.05, 3.63) is 60.1 Å². The summed E-state index contributed by atoms with van der Waals surface area (Å²) in [5.41, 5.74) is 0. The normalized spacial score (nSPS) is 17.2. The molecule has 4 rings (SSSR count). The van der Waals surface area contributed by atoms with Gasteiger partial charge in [0, 0.05) is 48.5 Å². The maximum Gasteiger partial charge on any atom is 0.258 e. The van der Waals surface area contributed by atoms with Crippen LogP contribution < -0.4 is 10.1 Å². The van der Waals surface area contributed by atoms with Crippen LogP contribution in [-0.4, -0.2) is 54.3 Å². The molecule has 1 aromatic carbocycles. The van der Waals surface area contributed by atoms with Crippen molar-refractivity contribution in [2.75, 3.05) is 19.7 Å². The Kier molecular flexibility index (Phi) is 5.85. The van der Waals surface area contributed by atoms with Gasteiger partial charge < -0.3 is 10.1 Å². The summed E-state index contributed by atoms with van der Waals surface area (Å²) in [5, 5.41) is 4.21. The van der Waals surface area contributed by atoms with E-state index < -0.39 is 10.0 Å². The second-order valence-corrected chi connectivity index (χ2v) is 9.18. The van der Waals surface area contributed by atoms with Gasteiger partial charge in [0.25, 0.3) is 5.91 Å². The highest BCUT2D eigenvalue weighted by Crippen LogP contribution is 2.32. The highest BCUT2D eigenvalue weighted by molar-refractivity contribution is 7.89. The number of benzene rings is 1. The largest absolute Gasteiger partial charge is 0.482 e. The minimum Gasteiger partial charge on any atom is -0.482 e. The lowest BCUT2D eigenvalue weighted by Gasteiger charge is -2.19. The zero-order chi connectivity index (χ0) is 21.1. The molecule has 1 aliphatic heterocycles. The Balaban J connectivity index is 1.43. The maximum atomic E-state index is 13.2. The van der Waals surface area contributed by atoms with Crippen LogP contribution in [0.15, 0.2) is 60.0 Å². The topological polar surface area (TPSA) is 101 Å². The van der Waals surface area contributed by atoms with Gasteiger partial charge in [0.15, 0.2) is 6.61 Å². The molecule has 0 bridgehead atoms. The van der Waals surface area contributed by atoms with Crippen LogP contribution in [0.1, 0.15) is 6.42 Å². The Morgan fingerprint density at radius 2 is 2.07 bits per heavy atom. The fourth-order valence-corrected chi connectivity index (χ4v) is 5.49. The lowest BCUT2D eigenvalue weighted by Crippen LogP contribution is -2.40. The molecule has 0 saturated carbocycles. The highest BCUT2D eigenvalue weighted by Gasteiger charge is 2.34. The van der Waals surface area contributed by atoms with Crippen LogP contribution in [0.2, 0.25) is 5.02 Å². The second-order valence-electron chi connectivity index (χ2n) is 6.87.